The molecule has 4 nitrogen and oxygen atoms in total. The molecule has 0 aliphatic carbocycles. The third-order valence-corrected chi connectivity index (χ3v) is 3.24. The minimum atomic E-state index is 0.266. The maximum atomic E-state index is 8.95. The molecule has 0 radical (unpaired) electrons. The number of hydrogen-bond donors (Lipinski definition) is 1. The summed E-state index contributed by atoms with van der Waals surface area (Å²) in [6, 6.07) is 0.543. The Morgan fingerprint density at radius 1 is 1.29 bits per heavy atom. The topological polar surface area (TPSA) is 35.9 Å². The third-order valence-electron chi connectivity index (χ3n) is 3.24. The van der Waals surface area contributed by atoms with Crippen molar-refractivity contribution in [3.05, 3.63) is 0 Å². The van der Waals surface area contributed by atoms with Gasteiger partial charge in [0.05, 0.1) is 13.2 Å². The summed E-state index contributed by atoms with van der Waals surface area (Å²) < 4.78 is 5.61. The van der Waals surface area contributed by atoms with E-state index in [1.807, 2.05) is 0 Å². The van der Waals surface area contributed by atoms with Crippen LogP contribution in [0.2, 0.25) is 0 Å². The Bertz CT molecular complexity index is 200. The number of ether oxygens (including phenoxy) is 1. The fraction of sp³-hybridized carbons (Fsp3) is 1.00. The SMILES string of the molecule is CC(C)COCCN1CCN(CCO)[C@@H](C)C1. The molecule has 0 aromatic rings. The fourth-order valence-corrected chi connectivity index (χ4v) is 2.25. The molecule has 1 N–H and O–H groups in total. The van der Waals surface area contributed by atoms with Gasteiger partial charge in [0.25, 0.3) is 0 Å². The molecule has 1 saturated heterocycles. The molecule has 1 aliphatic rings. The molecule has 17 heavy (non-hydrogen) atoms. The Kier molecular flexibility index (Phi) is 7.04. The number of nitrogens with zero attached hydrogens (tertiary/aromatic N) is 2. The van der Waals surface area contributed by atoms with Crippen LogP contribution < -0.4 is 0 Å². The summed E-state index contributed by atoms with van der Waals surface area (Å²) in [6.07, 6.45) is 0. The smallest absolute Gasteiger partial charge is 0.0593 e. The maximum Gasteiger partial charge on any atom is 0.0593 e. The van der Waals surface area contributed by atoms with Crippen molar-refractivity contribution >= 4 is 0 Å². The molecule has 0 unspecified atom stereocenters. The average Bonchev–Trinajstić information content (AvgIpc) is 2.28. The highest BCUT2D eigenvalue weighted by molar-refractivity contribution is 4.78. The van der Waals surface area contributed by atoms with E-state index in [1.165, 1.54) is 0 Å². The van der Waals surface area contributed by atoms with Gasteiger partial charge < -0.3 is 9.84 Å². The number of piperazine rings is 1. The number of hydrogen-bond acceptors (Lipinski definition) is 4. The lowest BCUT2D eigenvalue weighted by Gasteiger charge is -2.39. The summed E-state index contributed by atoms with van der Waals surface area (Å²) in [5, 5.41) is 8.95. The van der Waals surface area contributed by atoms with Gasteiger partial charge in [-0.3, -0.25) is 9.80 Å². The van der Waals surface area contributed by atoms with Crippen LogP contribution in [0.1, 0.15) is 20.8 Å². The molecule has 1 rings (SSSR count). The molecule has 1 atom stereocenters. The Balaban J connectivity index is 2.12. The minimum Gasteiger partial charge on any atom is -0.395 e. The number of aliphatic hydroxyl groups is 1. The second-order valence-corrected chi connectivity index (χ2v) is 5.38. The summed E-state index contributed by atoms with van der Waals surface area (Å²) in [5.74, 6) is 0.621. The standard InChI is InChI=1S/C13H28N2O2/c1-12(2)11-17-9-7-14-4-5-15(6-8-16)13(3)10-14/h12-13,16H,4-11H2,1-3H3/t13-/m0/s1. The Morgan fingerprint density at radius 3 is 2.65 bits per heavy atom. The van der Waals surface area contributed by atoms with E-state index >= 15 is 0 Å². The van der Waals surface area contributed by atoms with E-state index < -0.39 is 0 Å². The minimum absolute atomic E-state index is 0.266. The van der Waals surface area contributed by atoms with Crippen LogP contribution >= 0.6 is 0 Å². The van der Waals surface area contributed by atoms with Gasteiger partial charge in [-0.1, -0.05) is 13.8 Å². The van der Waals surface area contributed by atoms with Crippen LogP contribution in [0.15, 0.2) is 0 Å². The maximum absolute atomic E-state index is 8.95. The van der Waals surface area contributed by atoms with Crippen LogP contribution in [-0.2, 0) is 4.74 Å². The predicted octanol–water partition coefficient (Wildman–Crippen LogP) is 0.657. The Hall–Kier alpha value is -0.160. The van der Waals surface area contributed by atoms with Crippen LogP contribution in [0.5, 0.6) is 0 Å². The van der Waals surface area contributed by atoms with E-state index in [1.54, 1.807) is 0 Å². The largest absolute Gasteiger partial charge is 0.395 e. The molecular formula is C13H28N2O2. The van der Waals surface area contributed by atoms with Crippen LogP contribution in [0.4, 0.5) is 0 Å². The summed E-state index contributed by atoms with van der Waals surface area (Å²) in [4.78, 5) is 4.81. The molecule has 1 aliphatic heterocycles. The molecule has 4 heteroatoms. The molecule has 102 valence electrons. The van der Waals surface area contributed by atoms with E-state index in [2.05, 4.69) is 30.6 Å². The molecule has 1 heterocycles. The van der Waals surface area contributed by atoms with Gasteiger partial charge in [0.1, 0.15) is 0 Å². The lowest BCUT2D eigenvalue weighted by molar-refractivity contribution is 0.0384. The lowest BCUT2D eigenvalue weighted by atomic mass is 10.2. The molecule has 0 amide bonds. The van der Waals surface area contributed by atoms with Gasteiger partial charge in [-0.15, -0.1) is 0 Å². The summed E-state index contributed by atoms with van der Waals surface area (Å²) in [5.41, 5.74) is 0. The highest BCUT2D eigenvalue weighted by atomic mass is 16.5. The average molecular weight is 244 g/mol. The molecule has 0 saturated carbocycles. The van der Waals surface area contributed by atoms with Crippen LogP contribution in [-0.4, -0.2) is 73.5 Å². The van der Waals surface area contributed by atoms with Crippen LogP contribution in [0.3, 0.4) is 0 Å². The van der Waals surface area contributed by atoms with E-state index in [0.29, 0.717) is 12.0 Å². The van der Waals surface area contributed by atoms with Crippen molar-refractivity contribution in [2.24, 2.45) is 5.92 Å². The fourth-order valence-electron chi connectivity index (χ4n) is 2.25. The van der Waals surface area contributed by atoms with Gasteiger partial charge in [0, 0.05) is 45.4 Å². The monoisotopic (exact) mass is 244 g/mol. The van der Waals surface area contributed by atoms with E-state index in [9.17, 15) is 0 Å². The van der Waals surface area contributed by atoms with Crippen LogP contribution in [0.25, 0.3) is 0 Å². The molecule has 0 bridgehead atoms. The summed E-state index contributed by atoms with van der Waals surface area (Å²) in [7, 11) is 0. The van der Waals surface area contributed by atoms with Crippen molar-refractivity contribution < 1.29 is 9.84 Å². The molecular weight excluding hydrogens is 216 g/mol. The number of aliphatic hydroxyl groups excluding tert-OH is 1. The van der Waals surface area contributed by atoms with Gasteiger partial charge in [0.2, 0.25) is 0 Å². The number of β-amino-alcohol motifs (C(OH)–C–C–N with tert-alkyl or cyclic N) is 1. The van der Waals surface area contributed by atoms with Gasteiger partial charge in [-0.2, -0.15) is 0 Å². The van der Waals surface area contributed by atoms with E-state index in [-0.39, 0.29) is 6.61 Å². The first-order valence-corrected chi connectivity index (χ1v) is 6.78. The van der Waals surface area contributed by atoms with Crippen molar-refractivity contribution in [3.63, 3.8) is 0 Å². The van der Waals surface area contributed by atoms with E-state index in [0.717, 1.165) is 45.9 Å². The van der Waals surface area contributed by atoms with Crippen molar-refractivity contribution in [1.82, 2.24) is 9.80 Å². The number of rotatable bonds is 7. The van der Waals surface area contributed by atoms with Crippen LogP contribution in [0, 0.1) is 5.92 Å². The van der Waals surface area contributed by atoms with Gasteiger partial charge in [-0.05, 0) is 12.8 Å². The van der Waals surface area contributed by atoms with Gasteiger partial charge in [-0.25, -0.2) is 0 Å². The van der Waals surface area contributed by atoms with Gasteiger partial charge >= 0.3 is 0 Å². The Morgan fingerprint density at radius 2 is 2.06 bits per heavy atom. The van der Waals surface area contributed by atoms with Crippen molar-refractivity contribution in [1.29, 1.82) is 0 Å². The third kappa shape index (κ3) is 5.82. The summed E-state index contributed by atoms with van der Waals surface area (Å²) in [6.45, 7) is 13.6. The lowest BCUT2D eigenvalue weighted by Crippen LogP contribution is -2.53. The zero-order valence-corrected chi connectivity index (χ0v) is 11.6. The molecule has 1 fully saturated rings. The second kappa shape index (κ2) is 8.03. The zero-order valence-electron chi connectivity index (χ0n) is 11.6. The highest BCUT2D eigenvalue weighted by Gasteiger charge is 2.22. The second-order valence-electron chi connectivity index (χ2n) is 5.38. The quantitative estimate of drug-likeness (QED) is 0.667. The Labute approximate surface area is 106 Å². The zero-order chi connectivity index (χ0) is 12.7. The van der Waals surface area contributed by atoms with Crippen molar-refractivity contribution in [2.75, 3.05) is 52.5 Å². The van der Waals surface area contributed by atoms with Crippen molar-refractivity contribution in [2.45, 2.75) is 26.8 Å². The first-order valence-electron chi connectivity index (χ1n) is 6.78. The molecule has 0 aromatic heterocycles. The van der Waals surface area contributed by atoms with E-state index in [4.69, 9.17) is 9.84 Å². The normalized spacial score (nSPS) is 23.5. The molecule has 0 spiro atoms. The first kappa shape index (κ1) is 14.9. The molecule has 0 aromatic carbocycles. The van der Waals surface area contributed by atoms with Gasteiger partial charge in [0.15, 0.2) is 0 Å². The summed E-state index contributed by atoms with van der Waals surface area (Å²) >= 11 is 0. The van der Waals surface area contributed by atoms with Crippen molar-refractivity contribution in [3.8, 4) is 0 Å². The highest BCUT2D eigenvalue weighted by Crippen LogP contribution is 2.08. The first-order chi connectivity index (χ1) is 8.13. The predicted molar refractivity (Wildman–Crippen MR) is 70.2 cm³/mol.